The van der Waals surface area contributed by atoms with E-state index >= 15 is 0 Å². The highest BCUT2D eigenvalue weighted by atomic mass is 32.2. The quantitative estimate of drug-likeness (QED) is 0.460. The molecule has 20 heavy (non-hydrogen) atoms. The number of rotatable bonds is 7. The third kappa shape index (κ3) is 4.12. The zero-order valence-electron chi connectivity index (χ0n) is 13.3. The van der Waals surface area contributed by atoms with E-state index in [1.165, 1.54) is 10.5 Å². The molecular weight excluding hydrogens is 270 g/mol. The van der Waals surface area contributed by atoms with Crippen molar-refractivity contribution in [1.82, 2.24) is 10.5 Å². The molecule has 0 bridgehead atoms. The molecule has 0 aliphatic heterocycles. The minimum atomic E-state index is -0.571. The number of hydrazine groups is 2. The van der Waals surface area contributed by atoms with Crippen molar-refractivity contribution < 1.29 is 5.11 Å². The van der Waals surface area contributed by atoms with Gasteiger partial charge >= 0.3 is 0 Å². The highest BCUT2D eigenvalue weighted by molar-refractivity contribution is 7.98. The maximum atomic E-state index is 10.6. The Morgan fingerprint density at radius 3 is 2.50 bits per heavy atom. The van der Waals surface area contributed by atoms with Gasteiger partial charge in [-0.2, -0.15) is 5.53 Å². The van der Waals surface area contributed by atoms with Crippen LogP contribution in [0.4, 0.5) is 5.69 Å². The zero-order chi connectivity index (χ0) is 15.3. The number of anilines is 1. The lowest BCUT2D eigenvalue weighted by Gasteiger charge is -2.36. The third-order valence-corrected chi connectivity index (χ3v) is 4.34. The van der Waals surface area contributed by atoms with Crippen molar-refractivity contribution in [3.05, 3.63) is 23.8 Å². The summed E-state index contributed by atoms with van der Waals surface area (Å²) in [5.41, 5.74) is 5.40. The van der Waals surface area contributed by atoms with Crippen molar-refractivity contribution in [2.75, 3.05) is 25.4 Å². The Kier molecular flexibility index (Phi) is 6.82. The van der Waals surface area contributed by atoms with Crippen molar-refractivity contribution >= 4 is 17.4 Å². The molecule has 0 spiro atoms. The van der Waals surface area contributed by atoms with Crippen molar-refractivity contribution in [1.29, 1.82) is 0 Å². The van der Waals surface area contributed by atoms with Gasteiger partial charge in [-0.05, 0) is 37.3 Å². The molecule has 0 fully saturated rings. The molecule has 2 unspecified atom stereocenters. The van der Waals surface area contributed by atoms with Crippen LogP contribution in [0.3, 0.4) is 0 Å². The van der Waals surface area contributed by atoms with Gasteiger partial charge in [0.15, 0.2) is 0 Å². The van der Waals surface area contributed by atoms with E-state index in [-0.39, 0.29) is 5.92 Å². The second-order valence-corrected chi connectivity index (χ2v) is 6.12. The molecule has 0 heterocycles. The van der Waals surface area contributed by atoms with E-state index in [1.807, 2.05) is 36.2 Å². The Hall–Kier alpha value is -0.750. The van der Waals surface area contributed by atoms with E-state index in [0.29, 0.717) is 0 Å². The minimum Gasteiger partial charge on any atom is -0.372 e. The van der Waals surface area contributed by atoms with Crippen LogP contribution in [0.1, 0.15) is 25.8 Å². The summed E-state index contributed by atoms with van der Waals surface area (Å²) in [4.78, 5) is 1.23. The second-order valence-electron chi connectivity index (χ2n) is 5.27. The molecule has 0 amide bonds. The van der Waals surface area contributed by atoms with Crippen LogP contribution < -0.4 is 10.5 Å². The summed E-state index contributed by atoms with van der Waals surface area (Å²) >= 11 is 1.72. The molecule has 1 rings (SSSR count). The molecule has 114 valence electrons. The number of nitrogens with zero attached hydrogens (tertiary/aromatic N) is 2. The van der Waals surface area contributed by atoms with Gasteiger partial charge in [0.25, 0.3) is 0 Å². The van der Waals surface area contributed by atoms with Crippen LogP contribution in [0.5, 0.6) is 0 Å². The standard InChI is InChI=1S/C15H27N3OS/c1-7-11(2)15(19)18(16-17(4)5)13-9-8-10-14(20-6)12(13)3/h8-11,15-16,19H,7H2,1-6H3. The summed E-state index contributed by atoms with van der Waals surface area (Å²) in [7, 11) is 3.84. The number of hydrogen-bond donors (Lipinski definition) is 2. The van der Waals surface area contributed by atoms with Gasteiger partial charge in [0, 0.05) is 24.9 Å². The van der Waals surface area contributed by atoms with Gasteiger partial charge in [-0.1, -0.05) is 19.9 Å². The molecule has 0 radical (unpaired) electrons. The van der Waals surface area contributed by atoms with Crippen LogP contribution in [-0.4, -0.2) is 36.7 Å². The lowest BCUT2D eigenvalue weighted by Crippen LogP contribution is -2.54. The van der Waals surface area contributed by atoms with Crippen LogP contribution in [0.15, 0.2) is 23.1 Å². The monoisotopic (exact) mass is 297 g/mol. The number of aliphatic hydroxyl groups excluding tert-OH is 1. The first-order chi connectivity index (χ1) is 9.42. The topological polar surface area (TPSA) is 38.7 Å². The lowest BCUT2D eigenvalue weighted by atomic mass is 10.1. The summed E-state index contributed by atoms with van der Waals surface area (Å²) in [6.07, 6.45) is 2.42. The average molecular weight is 297 g/mol. The van der Waals surface area contributed by atoms with Gasteiger partial charge < -0.3 is 5.11 Å². The summed E-state index contributed by atoms with van der Waals surface area (Å²) in [6, 6.07) is 6.17. The number of benzene rings is 1. The SMILES string of the molecule is CCC(C)C(O)N(NN(C)C)c1cccc(SC)c1C. The molecule has 2 atom stereocenters. The fraction of sp³-hybridized carbons (Fsp3) is 0.600. The fourth-order valence-electron chi connectivity index (χ4n) is 2.02. The molecular formula is C15H27N3OS. The normalized spacial score (nSPS) is 14.4. The first-order valence-corrected chi connectivity index (χ1v) is 8.19. The Morgan fingerprint density at radius 1 is 1.35 bits per heavy atom. The zero-order valence-corrected chi connectivity index (χ0v) is 14.2. The highest BCUT2D eigenvalue weighted by Gasteiger charge is 2.23. The lowest BCUT2D eigenvalue weighted by molar-refractivity contribution is 0.0740. The number of nitrogens with one attached hydrogen (secondary N) is 1. The molecule has 4 nitrogen and oxygen atoms in total. The van der Waals surface area contributed by atoms with Crippen LogP contribution in [-0.2, 0) is 0 Å². The van der Waals surface area contributed by atoms with E-state index in [4.69, 9.17) is 0 Å². The van der Waals surface area contributed by atoms with E-state index in [2.05, 4.69) is 38.6 Å². The maximum Gasteiger partial charge on any atom is 0.144 e. The molecule has 0 aromatic heterocycles. The van der Waals surface area contributed by atoms with Crippen LogP contribution in [0, 0.1) is 12.8 Å². The largest absolute Gasteiger partial charge is 0.372 e. The predicted molar refractivity (Wildman–Crippen MR) is 87.7 cm³/mol. The van der Waals surface area contributed by atoms with Crippen LogP contribution in [0.25, 0.3) is 0 Å². The molecule has 0 aliphatic carbocycles. The van der Waals surface area contributed by atoms with Gasteiger partial charge in [0.1, 0.15) is 6.23 Å². The molecule has 1 aromatic carbocycles. The molecule has 0 saturated carbocycles. The Bertz CT molecular complexity index is 426. The first kappa shape index (κ1) is 17.3. The van der Waals surface area contributed by atoms with E-state index < -0.39 is 6.23 Å². The van der Waals surface area contributed by atoms with Crippen molar-refractivity contribution in [2.24, 2.45) is 5.92 Å². The highest BCUT2D eigenvalue weighted by Crippen LogP contribution is 2.30. The van der Waals surface area contributed by atoms with Crippen LogP contribution >= 0.6 is 11.8 Å². The van der Waals surface area contributed by atoms with Crippen molar-refractivity contribution in [3.63, 3.8) is 0 Å². The number of thioether (sulfide) groups is 1. The minimum absolute atomic E-state index is 0.180. The van der Waals surface area contributed by atoms with E-state index in [9.17, 15) is 5.11 Å². The van der Waals surface area contributed by atoms with Gasteiger partial charge in [0.2, 0.25) is 0 Å². The van der Waals surface area contributed by atoms with Crippen molar-refractivity contribution in [3.8, 4) is 0 Å². The summed E-state index contributed by atoms with van der Waals surface area (Å²) in [5.74, 6) is 0.180. The summed E-state index contributed by atoms with van der Waals surface area (Å²) in [5, 5.41) is 14.3. The second kappa shape index (κ2) is 7.88. The molecule has 0 saturated heterocycles. The summed E-state index contributed by atoms with van der Waals surface area (Å²) < 4.78 is 0. The predicted octanol–water partition coefficient (Wildman–Crippen LogP) is 2.87. The fourth-order valence-corrected chi connectivity index (χ4v) is 2.65. The molecule has 1 aromatic rings. The average Bonchev–Trinajstić information content (AvgIpc) is 2.43. The summed E-state index contributed by atoms with van der Waals surface area (Å²) in [6.45, 7) is 6.24. The first-order valence-electron chi connectivity index (χ1n) is 6.96. The molecule has 2 N–H and O–H groups in total. The van der Waals surface area contributed by atoms with Gasteiger partial charge in [-0.3, -0.25) is 5.01 Å². The maximum absolute atomic E-state index is 10.6. The van der Waals surface area contributed by atoms with Gasteiger partial charge in [-0.15, -0.1) is 11.8 Å². The van der Waals surface area contributed by atoms with Crippen molar-refractivity contribution in [2.45, 2.75) is 38.3 Å². The third-order valence-electron chi connectivity index (χ3n) is 3.46. The smallest absolute Gasteiger partial charge is 0.144 e. The Balaban J connectivity index is 3.17. The van der Waals surface area contributed by atoms with Crippen LogP contribution in [0.2, 0.25) is 0 Å². The molecule has 0 aliphatic rings. The van der Waals surface area contributed by atoms with E-state index in [1.54, 1.807) is 11.8 Å². The Labute approximate surface area is 127 Å². The number of aliphatic hydroxyl groups is 1. The Morgan fingerprint density at radius 2 is 2.00 bits per heavy atom. The van der Waals surface area contributed by atoms with Gasteiger partial charge in [-0.25, -0.2) is 5.01 Å². The molecule has 5 heteroatoms. The number of hydrogen-bond acceptors (Lipinski definition) is 5. The van der Waals surface area contributed by atoms with E-state index in [0.717, 1.165) is 12.1 Å². The van der Waals surface area contributed by atoms with Gasteiger partial charge in [0.05, 0.1) is 5.69 Å².